The highest BCUT2D eigenvalue weighted by atomic mass is 15.0. The highest BCUT2D eigenvalue weighted by molar-refractivity contribution is 6.29. The van der Waals surface area contributed by atoms with Crippen LogP contribution in [0.15, 0.2) is 224 Å². The van der Waals surface area contributed by atoms with Crippen molar-refractivity contribution in [2.45, 2.75) is 18.3 Å². The maximum absolute atomic E-state index is 2.53. The third-order valence-electron chi connectivity index (χ3n) is 14.4. The Balaban J connectivity index is 0.959. The third-order valence-corrected chi connectivity index (χ3v) is 14.4. The number of nitrogens with zero attached hydrogens (tertiary/aromatic N) is 2. The van der Waals surface area contributed by atoms with E-state index in [9.17, 15) is 0 Å². The van der Waals surface area contributed by atoms with E-state index in [4.69, 9.17) is 0 Å². The lowest BCUT2D eigenvalue weighted by atomic mass is 9.69. The summed E-state index contributed by atoms with van der Waals surface area (Å²) in [4.78, 5) is 0. The van der Waals surface area contributed by atoms with Gasteiger partial charge in [0, 0.05) is 32.9 Å². The Morgan fingerprint density at radius 1 is 0.365 bits per heavy atom. The van der Waals surface area contributed by atoms with E-state index in [0.717, 1.165) is 18.5 Å². The Morgan fingerprint density at radius 2 is 0.857 bits per heavy atom. The minimum absolute atomic E-state index is 0.356. The minimum Gasteiger partial charge on any atom is -0.309 e. The molecular weight excluding hydrogens is 761 g/mol. The van der Waals surface area contributed by atoms with Gasteiger partial charge in [-0.05, 0) is 128 Å². The second kappa shape index (κ2) is 13.0. The summed E-state index contributed by atoms with van der Waals surface area (Å²) in [6.45, 7) is 0. The van der Waals surface area contributed by atoms with Gasteiger partial charge >= 0.3 is 0 Å². The summed E-state index contributed by atoms with van der Waals surface area (Å²) in [5, 5.41) is 5.10. The number of para-hydroxylation sites is 2. The van der Waals surface area contributed by atoms with E-state index in [1.54, 1.807) is 0 Å². The van der Waals surface area contributed by atoms with Crippen molar-refractivity contribution < 1.29 is 0 Å². The van der Waals surface area contributed by atoms with Crippen LogP contribution in [-0.4, -0.2) is 9.13 Å². The molecule has 14 rings (SSSR count). The Labute approximate surface area is 365 Å². The lowest BCUT2D eigenvalue weighted by Crippen LogP contribution is -2.27. The van der Waals surface area contributed by atoms with Gasteiger partial charge in [-0.2, -0.15) is 0 Å². The van der Waals surface area contributed by atoms with Gasteiger partial charge in [-0.1, -0.05) is 170 Å². The molecule has 3 aliphatic carbocycles. The van der Waals surface area contributed by atoms with Gasteiger partial charge in [-0.25, -0.2) is 0 Å². The zero-order chi connectivity index (χ0) is 41.2. The van der Waals surface area contributed by atoms with Crippen molar-refractivity contribution in [2.75, 3.05) is 0 Å². The van der Waals surface area contributed by atoms with Crippen LogP contribution in [-0.2, 0) is 5.41 Å². The van der Waals surface area contributed by atoms with E-state index in [2.05, 4.69) is 228 Å². The number of rotatable bonds is 4. The van der Waals surface area contributed by atoms with E-state index < -0.39 is 0 Å². The van der Waals surface area contributed by atoms with Gasteiger partial charge in [0.15, 0.2) is 0 Å². The van der Waals surface area contributed by atoms with Crippen LogP contribution in [0.4, 0.5) is 0 Å². The zero-order valence-electron chi connectivity index (χ0n) is 34.6. The normalized spacial score (nSPS) is 16.1. The average molecular weight is 801 g/mol. The zero-order valence-corrected chi connectivity index (χ0v) is 34.6. The fourth-order valence-electron chi connectivity index (χ4n) is 11.9. The Kier molecular flexibility index (Phi) is 7.19. The lowest BCUT2D eigenvalue weighted by Gasteiger charge is -2.32. The summed E-state index contributed by atoms with van der Waals surface area (Å²) in [5.74, 6) is 0. The molecular formula is C61H40N2. The molecule has 2 heterocycles. The van der Waals surface area contributed by atoms with E-state index in [0.29, 0.717) is 0 Å². The Morgan fingerprint density at radius 3 is 1.52 bits per heavy atom. The van der Waals surface area contributed by atoms with Crippen molar-refractivity contribution in [1.82, 2.24) is 9.13 Å². The number of fused-ring (bicyclic) bond motifs is 16. The third kappa shape index (κ3) is 4.67. The largest absolute Gasteiger partial charge is 0.309 e. The highest BCUT2D eigenvalue weighted by Gasteiger charge is 2.52. The second-order valence-corrected chi connectivity index (χ2v) is 17.5. The van der Waals surface area contributed by atoms with E-state index >= 15 is 0 Å². The molecule has 0 bridgehead atoms. The smallest absolute Gasteiger partial charge is 0.0722 e. The van der Waals surface area contributed by atoms with Gasteiger partial charge < -0.3 is 9.13 Å². The van der Waals surface area contributed by atoms with Crippen LogP contribution < -0.4 is 0 Å². The van der Waals surface area contributed by atoms with Gasteiger partial charge in [0.05, 0.1) is 27.5 Å². The maximum Gasteiger partial charge on any atom is 0.0722 e. The number of hydrogen-bond donors (Lipinski definition) is 0. The molecule has 11 aromatic rings. The van der Waals surface area contributed by atoms with Crippen molar-refractivity contribution in [1.29, 1.82) is 0 Å². The molecule has 1 spiro atoms. The molecule has 0 radical (unpaired) electrons. The number of allylic oxidation sites excluding steroid dienone is 4. The molecule has 1 atom stereocenters. The van der Waals surface area contributed by atoms with E-state index in [1.165, 1.54) is 116 Å². The average Bonchev–Trinajstić information content (AvgIpc) is 4.06. The standard InChI is InChI=1S/C61H40N2/c1-2-14-39(15-3-1)40-26-28-41(29-27-40)42-30-32-43(33-31-42)62-55-24-12-7-19-49(55)59-57(62)36-37-58-60(59)50-20-8-13-25-56(50)63(58)44-34-35-48-47-18-6-11-23-53(47)61(54(48)38-44)51-21-9-4-16-45(51)46-17-5-10-22-52(46)61/h1-4,6-16,18-38H,5,17H2. The van der Waals surface area contributed by atoms with Crippen molar-refractivity contribution in [3.05, 3.63) is 246 Å². The Bertz CT molecular complexity index is 3760. The van der Waals surface area contributed by atoms with Crippen molar-refractivity contribution in [3.8, 4) is 44.8 Å². The first kappa shape index (κ1) is 34.7. The molecule has 0 saturated heterocycles. The molecule has 2 nitrogen and oxygen atoms in total. The first-order valence-electron chi connectivity index (χ1n) is 22.2. The molecule has 2 heteroatoms. The quantitative estimate of drug-likeness (QED) is 0.168. The molecule has 1 unspecified atom stereocenters. The molecule has 0 fully saturated rings. The lowest BCUT2D eigenvalue weighted by molar-refractivity contribution is 0.779. The Hall–Kier alpha value is -7.94. The molecule has 0 aliphatic heterocycles. The fraction of sp³-hybridized carbons (Fsp3) is 0.0492. The predicted octanol–water partition coefficient (Wildman–Crippen LogP) is 15.6. The molecule has 0 saturated carbocycles. The molecule has 0 amide bonds. The topological polar surface area (TPSA) is 9.86 Å². The first-order chi connectivity index (χ1) is 31.3. The molecule has 294 valence electrons. The summed E-state index contributed by atoms with van der Waals surface area (Å²) in [7, 11) is 0. The number of aromatic nitrogens is 2. The van der Waals surface area contributed by atoms with Crippen LogP contribution in [0.2, 0.25) is 0 Å². The summed E-state index contributed by atoms with van der Waals surface area (Å²) in [5.41, 5.74) is 22.9. The fourth-order valence-corrected chi connectivity index (χ4v) is 11.9. The molecule has 2 aromatic heterocycles. The number of benzene rings is 9. The summed E-state index contributed by atoms with van der Waals surface area (Å²) >= 11 is 0. The molecule has 63 heavy (non-hydrogen) atoms. The van der Waals surface area contributed by atoms with Gasteiger partial charge in [0.1, 0.15) is 0 Å². The van der Waals surface area contributed by atoms with Crippen LogP contribution in [0.3, 0.4) is 0 Å². The van der Waals surface area contributed by atoms with Crippen LogP contribution in [0.1, 0.15) is 35.1 Å². The van der Waals surface area contributed by atoms with Crippen LogP contribution in [0, 0.1) is 0 Å². The summed E-state index contributed by atoms with van der Waals surface area (Å²) < 4.78 is 4.98. The molecule has 9 aromatic carbocycles. The van der Waals surface area contributed by atoms with Gasteiger partial charge in [-0.3, -0.25) is 0 Å². The number of hydrogen-bond acceptors (Lipinski definition) is 0. The van der Waals surface area contributed by atoms with Gasteiger partial charge in [0.25, 0.3) is 0 Å². The van der Waals surface area contributed by atoms with Gasteiger partial charge in [-0.15, -0.1) is 0 Å². The van der Waals surface area contributed by atoms with Gasteiger partial charge in [0.2, 0.25) is 0 Å². The van der Waals surface area contributed by atoms with E-state index in [1.807, 2.05) is 0 Å². The first-order valence-corrected chi connectivity index (χ1v) is 22.2. The monoisotopic (exact) mass is 800 g/mol. The maximum atomic E-state index is 2.53. The minimum atomic E-state index is -0.356. The highest BCUT2D eigenvalue weighted by Crippen LogP contribution is 2.63. The second-order valence-electron chi connectivity index (χ2n) is 17.5. The van der Waals surface area contributed by atoms with Crippen LogP contribution >= 0.6 is 0 Å². The van der Waals surface area contributed by atoms with Crippen molar-refractivity contribution >= 4 is 49.2 Å². The van der Waals surface area contributed by atoms with Crippen molar-refractivity contribution in [3.63, 3.8) is 0 Å². The van der Waals surface area contributed by atoms with E-state index in [-0.39, 0.29) is 5.41 Å². The summed E-state index contributed by atoms with van der Waals surface area (Å²) in [6, 6.07) is 76.9. The predicted molar refractivity (Wildman–Crippen MR) is 263 cm³/mol. The van der Waals surface area contributed by atoms with Crippen LogP contribution in [0.5, 0.6) is 0 Å². The molecule has 0 N–H and O–H groups in total. The van der Waals surface area contributed by atoms with Crippen molar-refractivity contribution in [2.24, 2.45) is 0 Å². The SMILES string of the molecule is C1=CC2=C(CC1)c1ccccc1C21c2ccccc2-c2ccc(-n3c4ccccc4c4c5c6ccccc6n(-c6ccc(-c7ccc(-c8ccccc8)cc7)cc6)c5ccc43)cc21. The summed E-state index contributed by atoms with van der Waals surface area (Å²) in [6.07, 6.45) is 7.00. The molecule has 3 aliphatic rings. The van der Waals surface area contributed by atoms with Crippen LogP contribution in [0.25, 0.3) is 93.9 Å².